The molecule has 1 fully saturated rings. The van der Waals surface area contributed by atoms with E-state index in [9.17, 15) is 29.8 Å². The van der Waals surface area contributed by atoms with Crippen molar-refractivity contribution in [3.8, 4) is 0 Å². The largest absolute Gasteiger partial charge is 0.293 e. The molecule has 0 spiro atoms. The Balaban J connectivity index is 1.81. The predicted molar refractivity (Wildman–Crippen MR) is 103 cm³/mol. The standard InChI is InChI=1S/C17H10ClN3O6S/c18-13-6-3-11(7-14(13)21(26)27)8-15-16(22)19(17(23)28-15)9-10-1-4-12(5-2-10)20(24)25/h1-8H,9H2/b15-8-. The van der Waals surface area contributed by atoms with Crippen LogP contribution in [0.1, 0.15) is 11.1 Å². The van der Waals surface area contributed by atoms with Gasteiger partial charge >= 0.3 is 0 Å². The fourth-order valence-electron chi connectivity index (χ4n) is 2.45. The number of carbonyl (C=O) groups is 2. The molecule has 28 heavy (non-hydrogen) atoms. The number of nitrogens with zero attached hydrogens (tertiary/aromatic N) is 3. The van der Waals surface area contributed by atoms with Crippen LogP contribution in [0.4, 0.5) is 16.2 Å². The number of benzene rings is 2. The highest BCUT2D eigenvalue weighted by Crippen LogP contribution is 2.34. The van der Waals surface area contributed by atoms with Crippen molar-refractivity contribution >= 4 is 52.0 Å². The Morgan fingerprint density at radius 1 is 1.04 bits per heavy atom. The summed E-state index contributed by atoms with van der Waals surface area (Å²) in [6.07, 6.45) is 1.38. The topological polar surface area (TPSA) is 124 Å². The van der Waals surface area contributed by atoms with E-state index in [-0.39, 0.29) is 27.8 Å². The highest BCUT2D eigenvalue weighted by Gasteiger charge is 2.35. The quantitative estimate of drug-likeness (QED) is 0.399. The molecular weight excluding hydrogens is 410 g/mol. The average Bonchev–Trinajstić information content (AvgIpc) is 2.91. The van der Waals surface area contributed by atoms with Crippen molar-refractivity contribution in [3.63, 3.8) is 0 Å². The highest BCUT2D eigenvalue weighted by molar-refractivity contribution is 8.18. The van der Waals surface area contributed by atoms with E-state index >= 15 is 0 Å². The Bertz CT molecular complexity index is 1040. The summed E-state index contributed by atoms with van der Waals surface area (Å²) in [6.45, 7) is -0.0409. The molecule has 0 saturated carbocycles. The van der Waals surface area contributed by atoms with Gasteiger partial charge in [-0.1, -0.05) is 29.8 Å². The lowest BCUT2D eigenvalue weighted by molar-refractivity contribution is -0.385. The number of hydrogen-bond acceptors (Lipinski definition) is 7. The first-order valence-electron chi connectivity index (χ1n) is 7.69. The molecule has 11 heteroatoms. The number of amides is 2. The summed E-state index contributed by atoms with van der Waals surface area (Å²) in [6, 6.07) is 9.56. The second-order valence-electron chi connectivity index (χ2n) is 5.66. The minimum Gasteiger partial charge on any atom is -0.268 e. The zero-order chi connectivity index (χ0) is 20.4. The van der Waals surface area contributed by atoms with Crippen molar-refractivity contribution in [1.29, 1.82) is 0 Å². The molecule has 0 aliphatic carbocycles. The van der Waals surface area contributed by atoms with Crippen molar-refractivity contribution in [1.82, 2.24) is 4.90 Å². The number of hydrogen-bond donors (Lipinski definition) is 0. The molecule has 0 aromatic heterocycles. The second-order valence-corrected chi connectivity index (χ2v) is 7.06. The fraction of sp³-hybridized carbons (Fsp3) is 0.0588. The van der Waals surface area contributed by atoms with E-state index in [0.29, 0.717) is 22.9 Å². The average molecular weight is 420 g/mol. The van der Waals surface area contributed by atoms with Crippen LogP contribution < -0.4 is 0 Å². The maximum Gasteiger partial charge on any atom is 0.293 e. The molecule has 0 N–H and O–H groups in total. The van der Waals surface area contributed by atoms with Gasteiger partial charge in [-0.25, -0.2) is 0 Å². The van der Waals surface area contributed by atoms with E-state index in [4.69, 9.17) is 11.6 Å². The summed E-state index contributed by atoms with van der Waals surface area (Å²) in [5.74, 6) is -0.550. The summed E-state index contributed by atoms with van der Waals surface area (Å²) in [7, 11) is 0. The van der Waals surface area contributed by atoms with Gasteiger partial charge in [-0.3, -0.25) is 34.7 Å². The van der Waals surface area contributed by atoms with E-state index in [1.807, 2.05) is 0 Å². The van der Waals surface area contributed by atoms with E-state index in [1.54, 1.807) is 0 Å². The van der Waals surface area contributed by atoms with Gasteiger partial charge in [0.05, 0.1) is 21.3 Å². The molecule has 2 aromatic rings. The molecule has 0 bridgehead atoms. The van der Waals surface area contributed by atoms with Crippen molar-refractivity contribution in [2.75, 3.05) is 0 Å². The number of halogens is 1. The molecule has 0 unspecified atom stereocenters. The zero-order valence-electron chi connectivity index (χ0n) is 13.9. The molecular formula is C17H10ClN3O6S. The third-order valence-electron chi connectivity index (χ3n) is 3.83. The first kappa shape index (κ1) is 19.5. The van der Waals surface area contributed by atoms with Crippen molar-refractivity contribution in [2.24, 2.45) is 0 Å². The molecule has 1 aliphatic heterocycles. The Hall–Kier alpha value is -3.24. The van der Waals surface area contributed by atoms with Gasteiger partial charge in [0.25, 0.3) is 22.5 Å². The Morgan fingerprint density at radius 3 is 2.32 bits per heavy atom. The lowest BCUT2D eigenvalue weighted by Crippen LogP contribution is -2.27. The van der Waals surface area contributed by atoms with Crippen LogP contribution in [0.15, 0.2) is 47.4 Å². The summed E-state index contributed by atoms with van der Waals surface area (Å²) >= 11 is 6.47. The maximum absolute atomic E-state index is 12.5. The number of thioether (sulfide) groups is 1. The monoisotopic (exact) mass is 419 g/mol. The van der Waals surface area contributed by atoms with Crippen LogP contribution in [0.25, 0.3) is 6.08 Å². The third-order valence-corrected chi connectivity index (χ3v) is 5.05. The van der Waals surface area contributed by atoms with Crippen LogP contribution in [-0.4, -0.2) is 25.9 Å². The SMILES string of the molecule is O=C1S/C(=C\c2ccc(Cl)c([N+](=O)[O-])c2)C(=O)N1Cc1ccc([N+](=O)[O-])cc1. The molecule has 1 aliphatic rings. The van der Waals surface area contributed by atoms with Crippen LogP contribution in [-0.2, 0) is 11.3 Å². The molecule has 9 nitrogen and oxygen atoms in total. The number of rotatable bonds is 5. The van der Waals surface area contributed by atoms with Crippen molar-refractivity contribution < 1.29 is 19.4 Å². The Morgan fingerprint density at radius 2 is 1.71 bits per heavy atom. The number of nitro groups is 2. The summed E-state index contributed by atoms with van der Waals surface area (Å²) < 4.78 is 0. The van der Waals surface area contributed by atoms with Gasteiger partial charge in [0.2, 0.25) is 0 Å². The van der Waals surface area contributed by atoms with Gasteiger partial charge in [0.15, 0.2) is 0 Å². The lowest BCUT2D eigenvalue weighted by atomic mass is 10.1. The van der Waals surface area contributed by atoms with E-state index < -0.39 is 21.0 Å². The van der Waals surface area contributed by atoms with Crippen molar-refractivity contribution in [2.45, 2.75) is 6.54 Å². The van der Waals surface area contributed by atoms with E-state index in [0.717, 1.165) is 4.90 Å². The van der Waals surface area contributed by atoms with Gasteiger partial charge in [0.1, 0.15) is 5.02 Å². The molecule has 3 rings (SSSR count). The number of imide groups is 1. The van der Waals surface area contributed by atoms with Gasteiger partial charge < -0.3 is 0 Å². The van der Waals surface area contributed by atoms with Crippen LogP contribution in [0.2, 0.25) is 5.02 Å². The lowest BCUT2D eigenvalue weighted by Gasteiger charge is -2.12. The molecule has 0 radical (unpaired) electrons. The van der Waals surface area contributed by atoms with Gasteiger partial charge in [-0.05, 0) is 35.0 Å². The number of carbonyl (C=O) groups excluding carboxylic acids is 2. The molecule has 0 atom stereocenters. The fourth-order valence-corrected chi connectivity index (χ4v) is 3.48. The van der Waals surface area contributed by atoms with E-state index in [2.05, 4.69) is 0 Å². The predicted octanol–water partition coefficient (Wildman–Crippen LogP) is 4.39. The van der Waals surface area contributed by atoms with Crippen LogP contribution in [0.5, 0.6) is 0 Å². The Kier molecular flexibility index (Phi) is 5.43. The molecule has 1 heterocycles. The smallest absolute Gasteiger partial charge is 0.268 e. The normalized spacial score (nSPS) is 15.3. The van der Waals surface area contributed by atoms with Crippen LogP contribution in [0.3, 0.4) is 0 Å². The second kappa shape index (κ2) is 7.79. The van der Waals surface area contributed by atoms with Crippen LogP contribution >= 0.6 is 23.4 Å². The van der Waals surface area contributed by atoms with Gasteiger partial charge in [-0.2, -0.15) is 0 Å². The molecule has 2 aromatic carbocycles. The third kappa shape index (κ3) is 4.02. The summed E-state index contributed by atoms with van der Waals surface area (Å²) in [5.41, 5.74) is 0.510. The number of non-ortho nitro benzene ring substituents is 1. The zero-order valence-corrected chi connectivity index (χ0v) is 15.5. The van der Waals surface area contributed by atoms with E-state index in [1.165, 1.54) is 48.5 Å². The first-order chi connectivity index (χ1) is 13.3. The molecule has 2 amide bonds. The summed E-state index contributed by atoms with van der Waals surface area (Å²) in [5, 5.41) is 21.1. The molecule has 1 saturated heterocycles. The number of nitro benzene ring substituents is 2. The molecule has 142 valence electrons. The highest BCUT2D eigenvalue weighted by atomic mass is 35.5. The van der Waals surface area contributed by atoms with Crippen LogP contribution in [0, 0.1) is 20.2 Å². The minimum atomic E-state index is -0.639. The van der Waals surface area contributed by atoms with Gasteiger partial charge in [0, 0.05) is 18.2 Å². The minimum absolute atomic E-state index is 0.0339. The Labute approximate surface area is 166 Å². The first-order valence-corrected chi connectivity index (χ1v) is 8.88. The maximum atomic E-state index is 12.5. The van der Waals surface area contributed by atoms with Gasteiger partial charge in [-0.15, -0.1) is 0 Å². The van der Waals surface area contributed by atoms with Crippen molar-refractivity contribution in [3.05, 3.63) is 83.7 Å². The summed E-state index contributed by atoms with van der Waals surface area (Å²) in [4.78, 5) is 46.3.